The molecule has 5 nitrogen and oxygen atoms in total. The topological polar surface area (TPSA) is 57.1 Å². The van der Waals surface area contributed by atoms with Gasteiger partial charge in [-0.1, -0.05) is 11.6 Å². The van der Waals surface area contributed by atoms with Crippen LogP contribution in [0.4, 0.5) is 0 Å². The number of benzene rings is 1. The first-order chi connectivity index (χ1) is 10.2. The van der Waals surface area contributed by atoms with Crippen LogP contribution in [0.2, 0.25) is 5.15 Å². The standard InChI is InChI=1S/C15H12ClN3O2/c1-20-12-6-3-9(7-13(12)21-2)10-4-5-11-14(19-10)15(16)18-8-17-11/h3-8H,1-2H3. The molecule has 2 aromatic heterocycles. The fourth-order valence-electron chi connectivity index (χ4n) is 2.07. The first-order valence-corrected chi connectivity index (χ1v) is 6.60. The molecule has 3 rings (SSSR count). The molecule has 0 fully saturated rings. The van der Waals surface area contributed by atoms with E-state index < -0.39 is 0 Å². The second-order valence-electron chi connectivity index (χ2n) is 4.30. The fraction of sp³-hybridized carbons (Fsp3) is 0.133. The van der Waals surface area contributed by atoms with Crippen molar-refractivity contribution in [1.82, 2.24) is 15.0 Å². The van der Waals surface area contributed by atoms with Gasteiger partial charge in [0, 0.05) is 5.56 Å². The van der Waals surface area contributed by atoms with E-state index in [1.54, 1.807) is 14.2 Å². The molecule has 0 spiro atoms. The van der Waals surface area contributed by atoms with Gasteiger partial charge < -0.3 is 9.47 Å². The zero-order valence-corrected chi connectivity index (χ0v) is 12.3. The average Bonchev–Trinajstić information content (AvgIpc) is 2.54. The third kappa shape index (κ3) is 2.48. The highest BCUT2D eigenvalue weighted by Crippen LogP contribution is 2.32. The van der Waals surface area contributed by atoms with Gasteiger partial charge >= 0.3 is 0 Å². The molecule has 0 saturated heterocycles. The molecule has 0 bridgehead atoms. The van der Waals surface area contributed by atoms with Gasteiger partial charge in [0.1, 0.15) is 11.8 Å². The molecule has 0 atom stereocenters. The second-order valence-corrected chi connectivity index (χ2v) is 4.66. The maximum absolute atomic E-state index is 6.06. The van der Waals surface area contributed by atoms with Crippen LogP contribution >= 0.6 is 11.6 Å². The molecule has 21 heavy (non-hydrogen) atoms. The Hall–Kier alpha value is -2.40. The number of nitrogens with zero attached hydrogens (tertiary/aromatic N) is 3. The first kappa shape index (κ1) is 13.6. The smallest absolute Gasteiger partial charge is 0.161 e. The van der Waals surface area contributed by atoms with Crippen molar-refractivity contribution in [1.29, 1.82) is 0 Å². The molecule has 0 aliphatic heterocycles. The van der Waals surface area contributed by atoms with E-state index in [1.165, 1.54) is 6.33 Å². The Morgan fingerprint density at radius 1 is 0.952 bits per heavy atom. The molecule has 1 aromatic carbocycles. The van der Waals surface area contributed by atoms with Crippen molar-refractivity contribution in [2.75, 3.05) is 14.2 Å². The Kier molecular flexibility index (Phi) is 3.58. The minimum atomic E-state index is 0.335. The lowest BCUT2D eigenvalue weighted by Gasteiger charge is -2.09. The van der Waals surface area contributed by atoms with Gasteiger partial charge in [0.15, 0.2) is 16.7 Å². The van der Waals surface area contributed by atoms with E-state index >= 15 is 0 Å². The van der Waals surface area contributed by atoms with E-state index in [-0.39, 0.29) is 0 Å². The van der Waals surface area contributed by atoms with Gasteiger partial charge in [-0.05, 0) is 30.3 Å². The normalized spacial score (nSPS) is 10.6. The third-order valence-corrected chi connectivity index (χ3v) is 3.39. The number of pyridine rings is 1. The van der Waals surface area contributed by atoms with Crippen molar-refractivity contribution in [3.05, 3.63) is 41.8 Å². The van der Waals surface area contributed by atoms with E-state index in [9.17, 15) is 0 Å². The van der Waals surface area contributed by atoms with Crippen LogP contribution in [0.15, 0.2) is 36.7 Å². The molecule has 2 heterocycles. The summed E-state index contributed by atoms with van der Waals surface area (Å²) < 4.78 is 10.5. The van der Waals surface area contributed by atoms with E-state index in [2.05, 4.69) is 15.0 Å². The van der Waals surface area contributed by atoms with Gasteiger partial charge in [-0.15, -0.1) is 0 Å². The number of hydrogen-bond donors (Lipinski definition) is 0. The molecule has 0 amide bonds. The summed E-state index contributed by atoms with van der Waals surface area (Å²) in [4.78, 5) is 12.6. The summed E-state index contributed by atoms with van der Waals surface area (Å²) in [5.74, 6) is 1.32. The van der Waals surface area contributed by atoms with Crippen molar-refractivity contribution in [2.24, 2.45) is 0 Å². The van der Waals surface area contributed by atoms with Crippen LogP contribution < -0.4 is 9.47 Å². The van der Waals surface area contributed by atoms with Crippen LogP contribution in [0.1, 0.15) is 0 Å². The minimum Gasteiger partial charge on any atom is -0.493 e. The second kappa shape index (κ2) is 5.54. The van der Waals surface area contributed by atoms with Crippen molar-refractivity contribution in [3.8, 4) is 22.8 Å². The summed E-state index contributed by atoms with van der Waals surface area (Å²) in [7, 11) is 3.20. The van der Waals surface area contributed by atoms with Crippen molar-refractivity contribution < 1.29 is 9.47 Å². The quantitative estimate of drug-likeness (QED) is 0.694. The average molecular weight is 302 g/mol. The monoisotopic (exact) mass is 301 g/mol. The number of halogens is 1. The summed E-state index contributed by atoms with van der Waals surface area (Å²) in [5, 5.41) is 0.335. The highest BCUT2D eigenvalue weighted by atomic mass is 35.5. The molecule has 0 unspecified atom stereocenters. The Labute approximate surface area is 126 Å². The maximum atomic E-state index is 6.06. The maximum Gasteiger partial charge on any atom is 0.161 e. The number of methoxy groups -OCH3 is 2. The molecule has 106 valence electrons. The Balaban J connectivity index is 2.14. The van der Waals surface area contributed by atoms with Crippen LogP contribution in [-0.4, -0.2) is 29.2 Å². The highest BCUT2D eigenvalue weighted by molar-refractivity contribution is 6.33. The highest BCUT2D eigenvalue weighted by Gasteiger charge is 2.09. The van der Waals surface area contributed by atoms with Crippen molar-refractivity contribution in [2.45, 2.75) is 0 Å². The molecule has 0 aliphatic rings. The van der Waals surface area contributed by atoms with Gasteiger partial charge in [-0.25, -0.2) is 15.0 Å². The van der Waals surface area contributed by atoms with Gasteiger partial charge in [-0.2, -0.15) is 0 Å². The van der Waals surface area contributed by atoms with Gasteiger partial charge in [-0.3, -0.25) is 0 Å². The minimum absolute atomic E-state index is 0.335. The summed E-state index contributed by atoms with van der Waals surface area (Å²) in [6, 6.07) is 9.36. The summed E-state index contributed by atoms with van der Waals surface area (Å²) in [5.41, 5.74) is 2.94. The predicted octanol–water partition coefficient (Wildman–Crippen LogP) is 3.36. The number of fused-ring (bicyclic) bond motifs is 1. The lowest BCUT2D eigenvalue weighted by molar-refractivity contribution is 0.355. The third-order valence-electron chi connectivity index (χ3n) is 3.12. The van der Waals surface area contributed by atoms with E-state index in [0.29, 0.717) is 27.7 Å². The first-order valence-electron chi connectivity index (χ1n) is 6.22. The van der Waals surface area contributed by atoms with E-state index in [1.807, 2.05) is 30.3 Å². The molecule has 6 heteroatoms. The van der Waals surface area contributed by atoms with Crippen molar-refractivity contribution in [3.63, 3.8) is 0 Å². The van der Waals surface area contributed by atoms with Crippen LogP contribution in [0, 0.1) is 0 Å². The van der Waals surface area contributed by atoms with E-state index in [4.69, 9.17) is 21.1 Å². The SMILES string of the molecule is COc1ccc(-c2ccc3ncnc(Cl)c3n2)cc1OC. The lowest BCUT2D eigenvalue weighted by Crippen LogP contribution is -1.93. The summed E-state index contributed by atoms with van der Waals surface area (Å²) in [6.07, 6.45) is 1.42. The van der Waals surface area contributed by atoms with Gasteiger partial charge in [0.05, 0.1) is 25.4 Å². The predicted molar refractivity (Wildman–Crippen MR) is 80.9 cm³/mol. The number of rotatable bonds is 3. The van der Waals surface area contributed by atoms with Crippen LogP contribution in [0.25, 0.3) is 22.3 Å². The van der Waals surface area contributed by atoms with Gasteiger partial charge in [0.25, 0.3) is 0 Å². The molecule has 3 aromatic rings. The van der Waals surface area contributed by atoms with Crippen LogP contribution in [0.5, 0.6) is 11.5 Å². The zero-order chi connectivity index (χ0) is 14.8. The van der Waals surface area contributed by atoms with E-state index in [0.717, 1.165) is 11.3 Å². The van der Waals surface area contributed by atoms with Crippen molar-refractivity contribution >= 4 is 22.6 Å². The number of aromatic nitrogens is 3. The Morgan fingerprint density at radius 3 is 2.52 bits per heavy atom. The molecule has 0 saturated carbocycles. The van der Waals surface area contributed by atoms with Crippen LogP contribution in [0.3, 0.4) is 0 Å². The fourth-order valence-corrected chi connectivity index (χ4v) is 2.25. The Bertz CT molecular complexity index is 808. The van der Waals surface area contributed by atoms with Crippen LogP contribution in [-0.2, 0) is 0 Å². The number of hydrogen-bond acceptors (Lipinski definition) is 5. The largest absolute Gasteiger partial charge is 0.493 e. The molecule has 0 radical (unpaired) electrons. The molecular formula is C15H12ClN3O2. The number of ether oxygens (including phenoxy) is 2. The summed E-state index contributed by atoms with van der Waals surface area (Å²) >= 11 is 6.06. The lowest BCUT2D eigenvalue weighted by atomic mass is 10.1. The van der Waals surface area contributed by atoms with Gasteiger partial charge in [0.2, 0.25) is 0 Å². The zero-order valence-electron chi connectivity index (χ0n) is 11.5. The summed E-state index contributed by atoms with van der Waals surface area (Å²) in [6.45, 7) is 0. The molecule has 0 N–H and O–H groups in total. The molecular weight excluding hydrogens is 290 g/mol. The molecule has 0 aliphatic carbocycles. The Morgan fingerprint density at radius 2 is 1.76 bits per heavy atom.